The fourth-order valence-corrected chi connectivity index (χ4v) is 3.06. The molecule has 3 nitrogen and oxygen atoms in total. The summed E-state index contributed by atoms with van der Waals surface area (Å²) >= 11 is 0. The van der Waals surface area contributed by atoms with E-state index in [-0.39, 0.29) is 0 Å². The Morgan fingerprint density at radius 2 is 2.05 bits per heavy atom. The van der Waals surface area contributed by atoms with E-state index < -0.39 is 0 Å². The minimum Gasteiger partial charge on any atom is -0.397 e. The van der Waals surface area contributed by atoms with Crippen molar-refractivity contribution in [1.82, 2.24) is 4.98 Å². The molecule has 100 valence electrons. The van der Waals surface area contributed by atoms with Gasteiger partial charge in [-0.1, -0.05) is 19.1 Å². The first-order chi connectivity index (χ1) is 9.16. The SMILES string of the molecule is CC1CCC(C)N(c2ccnc3c(N)cccc23)C1. The first kappa shape index (κ1) is 12.3. The lowest BCUT2D eigenvalue weighted by atomic mass is 9.94. The Hall–Kier alpha value is -1.77. The summed E-state index contributed by atoms with van der Waals surface area (Å²) in [6, 6.07) is 8.77. The average molecular weight is 255 g/mol. The molecule has 3 rings (SSSR count). The topological polar surface area (TPSA) is 42.2 Å². The third kappa shape index (κ3) is 2.14. The van der Waals surface area contributed by atoms with Crippen LogP contribution in [0.3, 0.4) is 0 Å². The molecule has 2 N–H and O–H groups in total. The highest BCUT2D eigenvalue weighted by Gasteiger charge is 2.24. The predicted molar refractivity (Wildman–Crippen MR) is 81.4 cm³/mol. The number of nitrogens with two attached hydrogens (primary N) is 1. The average Bonchev–Trinajstić information content (AvgIpc) is 2.42. The summed E-state index contributed by atoms with van der Waals surface area (Å²) in [5, 5.41) is 1.17. The lowest BCUT2D eigenvalue weighted by molar-refractivity contribution is 0.391. The number of hydrogen-bond donors (Lipinski definition) is 1. The van der Waals surface area contributed by atoms with E-state index in [1.807, 2.05) is 18.3 Å². The number of hydrogen-bond acceptors (Lipinski definition) is 3. The molecular formula is C16H21N3. The lowest BCUT2D eigenvalue weighted by Gasteiger charge is -2.39. The Labute approximate surface area is 114 Å². The second kappa shape index (κ2) is 4.72. The molecule has 0 spiro atoms. The van der Waals surface area contributed by atoms with Crippen molar-refractivity contribution in [3.05, 3.63) is 30.5 Å². The molecule has 3 heteroatoms. The fraction of sp³-hybridized carbons (Fsp3) is 0.438. The van der Waals surface area contributed by atoms with Gasteiger partial charge in [0, 0.05) is 29.9 Å². The van der Waals surface area contributed by atoms with Gasteiger partial charge < -0.3 is 10.6 Å². The lowest BCUT2D eigenvalue weighted by Crippen LogP contribution is -2.41. The van der Waals surface area contributed by atoms with Crippen LogP contribution in [0.4, 0.5) is 11.4 Å². The van der Waals surface area contributed by atoms with E-state index >= 15 is 0 Å². The maximum Gasteiger partial charge on any atom is 0.0951 e. The van der Waals surface area contributed by atoms with E-state index in [0.29, 0.717) is 6.04 Å². The van der Waals surface area contributed by atoms with Gasteiger partial charge in [-0.25, -0.2) is 0 Å². The zero-order valence-electron chi connectivity index (χ0n) is 11.6. The molecule has 1 aromatic heterocycles. The van der Waals surface area contributed by atoms with Crippen molar-refractivity contribution in [2.75, 3.05) is 17.2 Å². The quantitative estimate of drug-likeness (QED) is 0.794. The van der Waals surface area contributed by atoms with Crippen LogP contribution in [0, 0.1) is 5.92 Å². The predicted octanol–water partition coefficient (Wildman–Crippen LogP) is 3.44. The summed E-state index contributed by atoms with van der Waals surface area (Å²) in [5.41, 5.74) is 8.99. The van der Waals surface area contributed by atoms with E-state index in [9.17, 15) is 0 Å². The maximum atomic E-state index is 6.04. The summed E-state index contributed by atoms with van der Waals surface area (Å²) in [7, 11) is 0. The molecule has 1 aromatic carbocycles. The number of piperidine rings is 1. The van der Waals surface area contributed by atoms with Crippen LogP contribution in [0.1, 0.15) is 26.7 Å². The highest BCUT2D eigenvalue weighted by molar-refractivity contribution is 5.98. The summed E-state index contributed by atoms with van der Waals surface area (Å²) in [6.45, 7) is 5.76. The standard InChI is InChI=1S/C16H21N3/c1-11-6-7-12(2)19(10-11)15-8-9-18-16-13(15)4-3-5-14(16)17/h3-5,8-9,11-12H,6-7,10,17H2,1-2H3. The van der Waals surface area contributed by atoms with Crippen LogP contribution in [0.2, 0.25) is 0 Å². The number of pyridine rings is 1. The molecule has 2 atom stereocenters. The molecule has 0 bridgehead atoms. The van der Waals surface area contributed by atoms with Crippen LogP contribution < -0.4 is 10.6 Å². The van der Waals surface area contributed by atoms with Crippen molar-refractivity contribution in [1.29, 1.82) is 0 Å². The monoisotopic (exact) mass is 255 g/mol. The second-order valence-electron chi connectivity index (χ2n) is 5.76. The van der Waals surface area contributed by atoms with Crippen LogP contribution in [-0.2, 0) is 0 Å². The third-order valence-electron chi connectivity index (χ3n) is 4.21. The fourth-order valence-electron chi connectivity index (χ4n) is 3.06. The Bertz CT molecular complexity index is 594. The highest BCUT2D eigenvalue weighted by atomic mass is 15.2. The molecule has 0 radical (unpaired) electrons. The molecule has 2 aromatic rings. The molecule has 2 unspecified atom stereocenters. The van der Waals surface area contributed by atoms with Crippen molar-refractivity contribution in [2.24, 2.45) is 5.92 Å². The molecule has 0 saturated carbocycles. The number of nitrogens with zero attached hydrogens (tertiary/aromatic N) is 2. The Morgan fingerprint density at radius 3 is 2.89 bits per heavy atom. The van der Waals surface area contributed by atoms with Crippen LogP contribution in [0.5, 0.6) is 0 Å². The first-order valence-electron chi connectivity index (χ1n) is 7.06. The first-order valence-corrected chi connectivity index (χ1v) is 7.06. The molecule has 19 heavy (non-hydrogen) atoms. The summed E-state index contributed by atoms with van der Waals surface area (Å²) in [6.07, 6.45) is 4.45. The largest absolute Gasteiger partial charge is 0.397 e. The number of fused-ring (bicyclic) bond motifs is 1. The summed E-state index contributed by atoms with van der Waals surface area (Å²) < 4.78 is 0. The zero-order chi connectivity index (χ0) is 13.4. The van der Waals surface area contributed by atoms with Crippen molar-refractivity contribution in [2.45, 2.75) is 32.7 Å². The van der Waals surface area contributed by atoms with Gasteiger partial charge in [0.25, 0.3) is 0 Å². The molecule has 0 amide bonds. The van der Waals surface area contributed by atoms with E-state index in [1.165, 1.54) is 23.9 Å². The Morgan fingerprint density at radius 1 is 1.21 bits per heavy atom. The minimum atomic E-state index is 0.586. The van der Waals surface area contributed by atoms with E-state index in [1.54, 1.807) is 0 Å². The molecule has 1 aliphatic heterocycles. The van der Waals surface area contributed by atoms with Crippen LogP contribution in [0.15, 0.2) is 30.5 Å². The molecular weight excluding hydrogens is 234 g/mol. The van der Waals surface area contributed by atoms with Gasteiger partial charge in [0.2, 0.25) is 0 Å². The van der Waals surface area contributed by atoms with Gasteiger partial charge >= 0.3 is 0 Å². The number of nitrogen functional groups attached to an aromatic ring is 1. The molecule has 1 saturated heterocycles. The van der Waals surface area contributed by atoms with Crippen LogP contribution in [0.25, 0.3) is 10.9 Å². The molecule has 1 fully saturated rings. The van der Waals surface area contributed by atoms with Gasteiger partial charge in [-0.2, -0.15) is 0 Å². The van der Waals surface area contributed by atoms with E-state index in [2.05, 4.69) is 35.9 Å². The molecule has 2 heterocycles. The van der Waals surface area contributed by atoms with Crippen molar-refractivity contribution in [3.63, 3.8) is 0 Å². The second-order valence-corrected chi connectivity index (χ2v) is 5.76. The number of para-hydroxylation sites is 1. The molecule has 1 aliphatic rings. The van der Waals surface area contributed by atoms with Gasteiger partial charge in [-0.3, -0.25) is 4.98 Å². The Kier molecular flexibility index (Phi) is 3.05. The van der Waals surface area contributed by atoms with Gasteiger partial charge in [0.15, 0.2) is 0 Å². The van der Waals surface area contributed by atoms with Crippen LogP contribution in [-0.4, -0.2) is 17.6 Å². The third-order valence-corrected chi connectivity index (χ3v) is 4.21. The maximum absolute atomic E-state index is 6.04. The van der Waals surface area contributed by atoms with Gasteiger partial charge in [0.05, 0.1) is 11.2 Å². The normalized spacial score (nSPS) is 23.8. The molecule has 0 aliphatic carbocycles. The van der Waals surface area contributed by atoms with Gasteiger partial charge in [-0.15, -0.1) is 0 Å². The zero-order valence-corrected chi connectivity index (χ0v) is 11.6. The minimum absolute atomic E-state index is 0.586. The summed E-state index contributed by atoms with van der Waals surface area (Å²) in [4.78, 5) is 6.94. The van der Waals surface area contributed by atoms with Gasteiger partial charge in [-0.05, 0) is 37.8 Å². The van der Waals surface area contributed by atoms with Gasteiger partial charge in [0.1, 0.15) is 0 Å². The van der Waals surface area contributed by atoms with Crippen molar-refractivity contribution >= 4 is 22.3 Å². The Balaban J connectivity index is 2.11. The summed E-state index contributed by atoms with van der Waals surface area (Å²) in [5.74, 6) is 0.750. The number of rotatable bonds is 1. The number of aromatic nitrogens is 1. The van der Waals surface area contributed by atoms with E-state index in [0.717, 1.165) is 23.7 Å². The number of anilines is 2. The highest BCUT2D eigenvalue weighted by Crippen LogP contribution is 2.33. The van der Waals surface area contributed by atoms with E-state index in [4.69, 9.17) is 5.73 Å². The number of benzene rings is 1. The van der Waals surface area contributed by atoms with Crippen molar-refractivity contribution in [3.8, 4) is 0 Å². The van der Waals surface area contributed by atoms with Crippen molar-refractivity contribution < 1.29 is 0 Å². The smallest absolute Gasteiger partial charge is 0.0951 e. The van der Waals surface area contributed by atoms with Crippen LogP contribution >= 0.6 is 0 Å².